The maximum atomic E-state index is 12.6. The van der Waals surface area contributed by atoms with Crippen LogP contribution in [0.3, 0.4) is 0 Å². The molecule has 3 rings (SSSR count). The van der Waals surface area contributed by atoms with Gasteiger partial charge in [0.1, 0.15) is 0 Å². The molecule has 0 saturated heterocycles. The van der Waals surface area contributed by atoms with Gasteiger partial charge in [0.05, 0.1) is 29.2 Å². The summed E-state index contributed by atoms with van der Waals surface area (Å²) in [5.41, 5.74) is 1.67. The van der Waals surface area contributed by atoms with Gasteiger partial charge in [0, 0.05) is 17.7 Å². The number of nitrogens with one attached hydrogen (secondary N) is 2. The summed E-state index contributed by atoms with van der Waals surface area (Å²) in [6, 6.07) is 9.13. The van der Waals surface area contributed by atoms with Crippen LogP contribution in [0.25, 0.3) is 11.4 Å². The van der Waals surface area contributed by atoms with Crippen molar-refractivity contribution < 1.29 is 9.90 Å². The fraction of sp³-hybridized carbons (Fsp3) is 0.188. The highest BCUT2D eigenvalue weighted by Gasteiger charge is 2.20. The van der Waals surface area contributed by atoms with Gasteiger partial charge in [-0.3, -0.25) is 14.9 Å². The van der Waals surface area contributed by atoms with Gasteiger partial charge in [-0.05, 0) is 30.0 Å². The van der Waals surface area contributed by atoms with Gasteiger partial charge in [-0.25, -0.2) is 0 Å². The lowest BCUT2D eigenvalue weighted by Gasteiger charge is -2.16. The number of aromatic nitrogens is 3. The Balaban J connectivity index is 1.82. The van der Waals surface area contributed by atoms with E-state index in [4.69, 9.17) is 0 Å². The first-order valence-corrected chi connectivity index (χ1v) is 8.07. The first-order chi connectivity index (χ1) is 11.3. The summed E-state index contributed by atoms with van der Waals surface area (Å²) in [4.78, 5) is 17.9. The number of hydrogen-bond donors (Lipinski definition) is 3. The fourth-order valence-corrected chi connectivity index (χ4v) is 3.12. The summed E-state index contributed by atoms with van der Waals surface area (Å²) in [5.74, 6) is -0.244. The van der Waals surface area contributed by atoms with Crippen LogP contribution in [-0.4, -0.2) is 32.8 Å². The summed E-state index contributed by atoms with van der Waals surface area (Å²) in [6.45, 7) is 0.00132. The molecule has 7 heteroatoms. The number of nitrogens with zero attached hydrogens (tertiary/aromatic N) is 2. The number of hydrogen-bond acceptors (Lipinski definition) is 5. The Kier molecular flexibility index (Phi) is 4.80. The molecule has 0 bridgehead atoms. The maximum Gasteiger partial charge on any atom is 0.255 e. The summed E-state index contributed by atoms with van der Waals surface area (Å²) >= 11 is 1.55. The van der Waals surface area contributed by atoms with Crippen LogP contribution < -0.4 is 5.32 Å². The van der Waals surface area contributed by atoms with Crippen molar-refractivity contribution in [3.8, 4) is 11.4 Å². The van der Waals surface area contributed by atoms with Gasteiger partial charge in [-0.15, -0.1) is 11.3 Å². The zero-order valence-electron chi connectivity index (χ0n) is 12.3. The summed E-state index contributed by atoms with van der Waals surface area (Å²) in [7, 11) is 0. The summed E-state index contributed by atoms with van der Waals surface area (Å²) in [6.07, 6.45) is 3.62. The molecule has 23 heavy (non-hydrogen) atoms. The topological polar surface area (TPSA) is 90.9 Å². The molecule has 1 atom stereocenters. The van der Waals surface area contributed by atoms with Crippen LogP contribution in [0.2, 0.25) is 0 Å². The summed E-state index contributed by atoms with van der Waals surface area (Å²) < 4.78 is 0. The number of aromatic amines is 1. The highest BCUT2D eigenvalue weighted by molar-refractivity contribution is 7.10. The van der Waals surface area contributed by atoms with Gasteiger partial charge in [0.25, 0.3) is 5.91 Å². The van der Waals surface area contributed by atoms with Crippen molar-refractivity contribution in [2.75, 3.05) is 6.61 Å². The van der Waals surface area contributed by atoms with E-state index >= 15 is 0 Å². The molecule has 0 fully saturated rings. The molecule has 0 saturated carbocycles. The van der Waals surface area contributed by atoms with E-state index in [0.29, 0.717) is 23.4 Å². The van der Waals surface area contributed by atoms with Crippen LogP contribution in [-0.2, 0) is 0 Å². The van der Waals surface area contributed by atoms with Crippen molar-refractivity contribution in [2.24, 2.45) is 0 Å². The smallest absolute Gasteiger partial charge is 0.255 e. The third-order valence-corrected chi connectivity index (χ3v) is 4.40. The molecular weight excluding hydrogens is 312 g/mol. The van der Waals surface area contributed by atoms with Crippen LogP contribution >= 0.6 is 11.3 Å². The molecule has 0 aliphatic rings. The highest BCUT2D eigenvalue weighted by Crippen LogP contribution is 2.24. The third kappa shape index (κ3) is 3.46. The zero-order valence-corrected chi connectivity index (χ0v) is 13.1. The molecule has 0 aliphatic carbocycles. The predicted octanol–water partition coefficient (Wildman–Crippen LogP) is 2.39. The lowest BCUT2D eigenvalue weighted by molar-refractivity contribution is 0.0931. The second-order valence-electron chi connectivity index (χ2n) is 4.93. The predicted molar refractivity (Wildman–Crippen MR) is 88.0 cm³/mol. The Bertz CT molecular complexity index is 756. The van der Waals surface area contributed by atoms with Gasteiger partial charge < -0.3 is 10.4 Å². The van der Waals surface area contributed by atoms with E-state index in [-0.39, 0.29) is 18.6 Å². The number of thiophene rings is 1. The molecule has 3 aromatic rings. The van der Waals surface area contributed by atoms with Crippen LogP contribution in [0.4, 0.5) is 0 Å². The van der Waals surface area contributed by atoms with E-state index in [1.165, 1.54) is 6.20 Å². The first kappa shape index (κ1) is 15.4. The van der Waals surface area contributed by atoms with Crippen molar-refractivity contribution in [3.05, 3.63) is 58.5 Å². The monoisotopic (exact) mass is 328 g/mol. The van der Waals surface area contributed by atoms with E-state index in [0.717, 1.165) is 4.88 Å². The Hall–Kier alpha value is -2.51. The molecule has 118 valence electrons. The zero-order chi connectivity index (χ0) is 16.1. The van der Waals surface area contributed by atoms with Crippen LogP contribution in [0.5, 0.6) is 0 Å². The van der Waals surface area contributed by atoms with Crippen molar-refractivity contribution >= 4 is 17.2 Å². The number of carbonyl (C=O) groups excluding carboxylic acids is 1. The largest absolute Gasteiger partial charge is 0.396 e. The molecule has 3 heterocycles. The Labute approximate surface area is 137 Å². The van der Waals surface area contributed by atoms with E-state index < -0.39 is 0 Å². The molecule has 0 aromatic carbocycles. The number of aliphatic hydroxyl groups is 1. The number of carbonyl (C=O) groups is 1. The average Bonchev–Trinajstić information content (AvgIpc) is 3.27. The van der Waals surface area contributed by atoms with Gasteiger partial charge in [0.2, 0.25) is 0 Å². The fourth-order valence-electron chi connectivity index (χ4n) is 2.30. The van der Waals surface area contributed by atoms with E-state index in [1.807, 2.05) is 35.7 Å². The van der Waals surface area contributed by atoms with Gasteiger partial charge >= 0.3 is 0 Å². The SMILES string of the molecule is O=C(NC(CCO)c1cccs1)c1cn[nH]c1-c1ccccn1. The van der Waals surface area contributed by atoms with Crippen LogP contribution in [0, 0.1) is 0 Å². The van der Waals surface area contributed by atoms with E-state index in [1.54, 1.807) is 17.5 Å². The molecule has 0 radical (unpaired) electrons. The van der Waals surface area contributed by atoms with Gasteiger partial charge in [0.15, 0.2) is 0 Å². The lowest BCUT2D eigenvalue weighted by Crippen LogP contribution is -2.28. The minimum atomic E-state index is -0.244. The average molecular weight is 328 g/mol. The molecule has 3 N–H and O–H groups in total. The van der Waals surface area contributed by atoms with Crippen molar-refractivity contribution in [1.82, 2.24) is 20.5 Å². The normalized spacial score (nSPS) is 12.0. The van der Waals surface area contributed by atoms with Crippen molar-refractivity contribution in [2.45, 2.75) is 12.5 Å². The second-order valence-corrected chi connectivity index (χ2v) is 5.91. The Morgan fingerprint density at radius 1 is 1.35 bits per heavy atom. The van der Waals surface area contributed by atoms with Gasteiger partial charge in [-0.1, -0.05) is 12.1 Å². The van der Waals surface area contributed by atoms with Crippen LogP contribution in [0.1, 0.15) is 27.7 Å². The molecule has 0 aliphatic heterocycles. The maximum absolute atomic E-state index is 12.6. The molecule has 1 unspecified atom stereocenters. The third-order valence-electron chi connectivity index (χ3n) is 3.41. The minimum Gasteiger partial charge on any atom is -0.396 e. The molecule has 3 aromatic heterocycles. The minimum absolute atomic E-state index is 0.00132. The quantitative estimate of drug-likeness (QED) is 0.648. The van der Waals surface area contributed by atoms with Crippen molar-refractivity contribution in [1.29, 1.82) is 0 Å². The Morgan fingerprint density at radius 3 is 2.96 bits per heavy atom. The van der Waals surface area contributed by atoms with Crippen LogP contribution in [0.15, 0.2) is 48.1 Å². The number of amides is 1. The number of aliphatic hydroxyl groups excluding tert-OH is 1. The van der Waals surface area contributed by atoms with E-state index in [2.05, 4.69) is 20.5 Å². The molecule has 1 amide bonds. The van der Waals surface area contributed by atoms with Crippen molar-refractivity contribution in [3.63, 3.8) is 0 Å². The number of rotatable bonds is 6. The lowest BCUT2D eigenvalue weighted by atomic mass is 10.1. The number of pyridine rings is 1. The second kappa shape index (κ2) is 7.17. The van der Waals surface area contributed by atoms with Gasteiger partial charge in [-0.2, -0.15) is 5.10 Å². The first-order valence-electron chi connectivity index (χ1n) is 7.19. The standard InChI is InChI=1S/C16H16N4O2S/c21-8-6-12(14-5-3-9-23-14)19-16(22)11-10-18-20-15(11)13-4-1-2-7-17-13/h1-5,7,9-10,12,21H,6,8H2,(H,18,20)(H,19,22). The Morgan fingerprint density at radius 2 is 2.26 bits per heavy atom. The highest BCUT2D eigenvalue weighted by atomic mass is 32.1. The molecular formula is C16H16N4O2S. The number of H-pyrrole nitrogens is 1. The summed E-state index contributed by atoms with van der Waals surface area (Å²) in [5, 5.41) is 20.9. The van der Waals surface area contributed by atoms with E-state index in [9.17, 15) is 9.90 Å². The molecule has 6 nitrogen and oxygen atoms in total. The molecule has 0 spiro atoms.